The highest BCUT2D eigenvalue weighted by atomic mass is 15.0. The number of hydrogen-bond acceptors (Lipinski definition) is 4. The zero-order valence-electron chi connectivity index (χ0n) is 10.5. The fourth-order valence-electron chi connectivity index (χ4n) is 1.55. The van der Waals surface area contributed by atoms with E-state index in [9.17, 15) is 0 Å². The molecule has 3 N–H and O–H groups in total. The van der Waals surface area contributed by atoms with Gasteiger partial charge in [0.1, 0.15) is 6.07 Å². The second-order valence-corrected chi connectivity index (χ2v) is 4.35. The highest BCUT2D eigenvalue weighted by Crippen LogP contribution is 2.16. The van der Waals surface area contributed by atoms with Crippen LogP contribution in [0.2, 0.25) is 0 Å². The predicted molar refractivity (Wildman–Crippen MR) is 71.8 cm³/mol. The molecule has 0 heterocycles. The minimum atomic E-state index is 0.531. The van der Waals surface area contributed by atoms with Crippen molar-refractivity contribution in [2.24, 2.45) is 0 Å². The van der Waals surface area contributed by atoms with E-state index < -0.39 is 0 Å². The molecule has 17 heavy (non-hydrogen) atoms. The van der Waals surface area contributed by atoms with Crippen LogP contribution in [0, 0.1) is 11.3 Å². The Balaban J connectivity index is 2.35. The van der Waals surface area contributed by atoms with E-state index in [1.165, 1.54) is 6.42 Å². The molecule has 0 fully saturated rings. The maximum atomic E-state index is 8.85. The molecule has 1 aromatic carbocycles. The zero-order valence-corrected chi connectivity index (χ0v) is 10.5. The lowest BCUT2D eigenvalue weighted by atomic mass is 10.1. The van der Waals surface area contributed by atoms with Gasteiger partial charge in [-0.2, -0.15) is 5.26 Å². The first kappa shape index (κ1) is 13.3. The van der Waals surface area contributed by atoms with Crippen molar-refractivity contribution in [2.45, 2.75) is 12.8 Å². The second kappa shape index (κ2) is 6.77. The number of hydrogen-bond donors (Lipinski definition) is 2. The SMILES string of the molecule is CN(C)CCCCNc1ccc(N)c(C#N)c1. The van der Waals surface area contributed by atoms with Crippen LogP contribution in [-0.2, 0) is 0 Å². The van der Waals surface area contributed by atoms with Crippen molar-refractivity contribution in [3.05, 3.63) is 23.8 Å². The Kier molecular flexibility index (Phi) is 5.31. The Labute approximate surface area is 103 Å². The van der Waals surface area contributed by atoms with Crippen LogP contribution in [0.15, 0.2) is 18.2 Å². The fourth-order valence-corrected chi connectivity index (χ4v) is 1.55. The Bertz CT molecular complexity index is 393. The molecule has 4 nitrogen and oxygen atoms in total. The summed E-state index contributed by atoms with van der Waals surface area (Å²) < 4.78 is 0. The van der Waals surface area contributed by atoms with Gasteiger partial charge in [0, 0.05) is 17.9 Å². The quantitative estimate of drug-likeness (QED) is 0.580. The van der Waals surface area contributed by atoms with Crippen molar-refractivity contribution in [3.63, 3.8) is 0 Å². The summed E-state index contributed by atoms with van der Waals surface area (Å²) in [5.74, 6) is 0. The van der Waals surface area contributed by atoms with Crippen molar-refractivity contribution in [1.82, 2.24) is 4.90 Å². The normalized spacial score (nSPS) is 10.2. The third-order valence-corrected chi connectivity index (χ3v) is 2.53. The van der Waals surface area contributed by atoms with E-state index in [1.807, 2.05) is 6.07 Å². The van der Waals surface area contributed by atoms with E-state index in [4.69, 9.17) is 11.0 Å². The molecule has 1 rings (SSSR count). The lowest BCUT2D eigenvalue weighted by Gasteiger charge is -2.10. The predicted octanol–water partition coefficient (Wildman–Crippen LogP) is 1.89. The molecule has 0 aromatic heterocycles. The van der Waals surface area contributed by atoms with E-state index in [1.54, 1.807) is 12.1 Å². The Hall–Kier alpha value is -1.73. The summed E-state index contributed by atoms with van der Waals surface area (Å²) in [7, 11) is 4.15. The molecule has 0 saturated heterocycles. The van der Waals surface area contributed by atoms with Gasteiger partial charge in [0.15, 0.2) is 0 Å². The smallest absolute Gasteiger partial charge is 0.101 e. The van der Waals surface area contributed by atoms with Crippen LogP contribution < -0.4 is 11.1 Å². The summed E-state index contributed by atoms with van der Waals surface area (Å²) >= 11 is 0. The second-order valence-electron chi connectivity index (χ2n) is 4.35. The van der Waals surface area contributed by atoms with Gasteiger partial charge in [-0.05, 0) is 51.7 Å². The average Bonchev–Trinajstić information content (AvgIpc) is 2.30. The lowest BCUT2D eigenvalue weighted by molar-refractivity contribution is 0.396. The van der Waals surface area contributed by atoms with Gasteiger partial charge in [0.05, 0.1) is 5.56 Å². The number of rotatable bonds is 6. The minimum absolute atomic E-state index is 0.531. The number of nitrogens with one attached hydrogen (secondary N) is 1. The highest BCUT2D eigenvalue weighted by Gasteiger charge is 1.99. The first-order valence-electron chi connectivity index (χ1n) is 5.81. The summed E-state index contributed by atoms with van der Waals surface area (Å²) in [6, 6.07) is 7.54. The molecule has 0 bridgehead atoms. The summed E-state index contributed by atoms with van der Waals surface area (Å²) in [5, 5.41) is 12.1. The van der Waals surface area contributed by atoms with Gasteiger partial charge in [-0.15, -0.1) is 0 Å². The van der Waals surface area contributed by atoms with E-state index in [-0.39, 0.29) is 0 Å². The molecule has 0 aliphatic carbocycles. The van der Waals surface area contributed by atoms with Gasteiger partial charge < -0.3 is 16.0 Å². The molecule has 0 saturated carbocycles. The Morgan fingerprint density at radius 2 is 2.12 bits per heavy atom. The Morgan fingerprint density at radius 3 is 2.76 bits per heavy atom. The molecule has 0 atom stereocenters. The summed E-state index contributed by atoms with van der Waals surface area (Å²) in [6.45, 7) is 2.02. The van der Waals surface area contributed by atoms with Crippen molar-refractivity contribution in [2.75, 3.05) is 38.2 Å². The molecular weight excluding hydrogens is 212 g/mol. The number of anilines is 2. The third-order valence-electron chi connectivity index (χ3n) is 2.53. The van der Waals surface area contributed by atoms with Gasteiger partial charge in [-0.3, -0.25) is 0 Å². The van der Waals surface area contributed by atoms with E-state index in [0.717, 1.165) is 25.2 Å². The molecule has 0 unspecified atom stereocenters. The van der Waals surface area contributed by atoms with Crippen LogP contribution in [0.25, 0.3) is 0 Å². The number of unbranched alkanes of at least 4 members (excludes halogenated alkanes) is 1. The standard InChI is InChI=1S/C13H20N4/c1-17(2)8-4-3-7-16-12-5-6-13(15)11(9-12)10-14/h5-6,9,16H,3-4,7-8,15H2,1-2H3. The molecule has 92 valence electrons. The number of nitrogens with two attached hydrogens (primary N) is 1. The minimum Gasteiger partial charge on any atom is -0.398 e. The zero-order chi connectivity index (χ0) is 12.7. The summed E-state index contributed by atoms with van der Waals surface area (Å²) in [4.78, 5) is 2.18. The maximum absolute atomic E-state index is 8.85. The molecule has 0 aliphatic heterocycles. The van der Waals surface area contributed by atoms with Gasteiger partial charge in [-0.1, -0.05) is 0 Å². The maximum Gasteiger partial charge on any atom is 0.101 e. The van der Waals surface area contributed by atoms with Crippen molar-refractivity contribution in [1.29, 1.82) is 5.26 Å². The van der Waals surface area contributed by atoms with Crippen molar-refractivity contribution < 1.29 is 0 Å². The van der Waals surface area contributed by atoms with Gasteiger partial charge >= 0.3 is 0 Å². The van der Waals surface area contributed by atoms with E-state index >= 15 is 0 Å². The first-order valence-corrected chi connectivity index (χ1v) is 5.81. The average molecular weight is 232 g/mol. The summed E-state index contributed by atoms with van der Waals surface area (Å²) in [5.41, 5.74) is 7.68. The van der Waals surface area contributed by atoms with Crippen LogP contribution in [0.1, 0.15) is 18.4 Å². The van der Waals surface area contributed by atoms with Gasteiger partial charge in [-0.25, -0.2) is 0 Å². The Morgan fingerprint density at radius 1 is 1.35 bits per heavy atom. The summed E-state index contributed by atoms with van der Waals surface area (Å²) in [6.07, 6.45) is 2.28. The van der Waals surface area contributed by atoms with E-state index in [0.29, 0.717) is 11.3 Å². The monoisotopic (exact) mass is 232 g/mol. The molecular formula is C13H20N4. The molecule has 0 aliphatic rings. The number of nitrogens with zero attached hydrogens (tertiary/aromatic N) is 2. The van der Waals surface area contributed by atoms with Crippen LogP contribution in [-0.4, -0.2) is 32.1 Å². The molecule has 1 aromatic rings. The highest BCUT2D eigenvalue weighted by molar-refractivity contribution is 5.61. The molecule has 0 spiro atoms. The number of nitriles is 1. The van der Waals surface area contributed by atoms with Crippen LogP contribution in [0.4, 0.5) is 11.4 Å². The van der Waals surface area contributed by atoms with Crippen molar-refractivity contribution in [3.8, 4) is 6.07 Å². The first-order chi connectivity index (χ1) is 8.13. The lowest BCUT2D eigenvalue weighted by Crippen LogP contribution is -2.14. The number of benzene rings is 1. The van der Waals surface area contributed by atoms with Gasteiger partial charge in [0.25, 0.3) is 0 Å². The number of nitrogen functional groups attached to an aromatic ring is 1. The van der Waals surface area contributed by atoms with Gasteiger partial charge in [0.2, 0.25) is 0 Å². The molecule has 4 heteroatoms. The van der Waals surface area contributed by atoms with Crippen LogP contribution >= 0.6 is 0 Å². The largest absolute Gasteiger partial charge is 0.398 e. The fraction of sp³-hybridized carbons (Fsp3) is 0.462. The topological polar surface area (TPSA) is 65.1 Å². The molecule has 0 amide bonds. The molecule has 0 radical (unpaired) electrons. The van der Waals surface area contributed by atoms with Crippen molar-refractivity contribution >= 4 is 11.4 Å². The van der Waals surface area contributed by atoms with Crippen LogP contribution in [0.3, 0.4) is 0 Å². The third kappa shape index (κ3) is 4.75. The van der Waals surface area contributed by atoms with Crippen LogP contribution in [0.5, 0.6) is 0 Å². The van der Waals surface area contributed by atoms with E-state index in [2.05, 4.69) is 30.4 Å².